The molecule has 0 aliphatic carbocycles. The zero-order valence-electron chi connectivity index (χ0n) is 21.4. The number of carbonyl (C=O) groups excluding carboxylic acids is 4. The molecular formula is C28H30O10. The van der Waals surface area contributed by atoms with E-state index in [1.165, 1.54) is 0 Å². The summed E-state index contributed by atoms with van der Waals surface area (Å²) in [5.74, 6) is 0.866. The molecule has 2 rings (SSSR count). The van der Waals surface area contributed by atoms with E-state index in [0.29, 0.717) is 31.1 Å². The number of benzene rings is 2. The van der Waals surface area contributed by atoms with Crippen LogP contribution in [0, 0.1) is 12.0 Å². The zero-order valence-corrected chi connectivity index (χ0v) is 21.4. The average molecular weight is 527 g/mol. The summed E-state index contributed by atoms with van der Waals surface area (Å²) in [4.78, 5) is 55.9. The van der Waals surface area contributed by atoms with Crippen molar-refractivity contribution in [2.45, 2.75) is 46.0 Å². The van der Waals surface area contributed by atoms with E-state index < -0.39 is 23.9 Å². The molecule has 0 unspecified atom stereocenters. The van der Waals surface area contributed by atoms with E-state index in [9.17, 15) is 19.2 Å². The van der Waals surface area contributed by atoms with Crippen LogP contribution in [0.4, 0.5) is 0 Å². The first-order chi connectivity index (χ1) is 18.4. The van der Waals surface area contributed by atoms with Gasteiger partial charge in [-0.1, -0.05) is 37.1 Å². The molecular weight excluding hydrogens is 496 g/mol. The van der Waals surface area contributed by atoms with Crippen LogP contribution in [0.2, 0.25) is 0 Å². The van der Waals surface area contributed by atoms with Crippen molar-refractivity contribution in [3.05, 3.63) is 48.5 Å². The summed E-state index contributed by atoms with van der Waals surface area (Å²) in [6.07, 6.45) is 2.18. The highest BCUT2D eigenvalue weighted by atomic mass is 17.2. The minimum absolute atomic E-state index is 0.0767. The van der Waals surface area contributed by atoms with Gasteiger partial charge in [0.1, 0.15) is 18.1 Å². The van der Waals surface area contributed by atoms with Crippen molar-refractivity contribution in [3.8, 4) is 34.7 Å². The molecule has 2 aromatic carbocycles. The Balaban J connectivity index is 1.75. The Hall–Kier alpha value is -4.36. The fourth-order valence-electron chi connectivity index (χ4n) is 2.85. The molecule has 202 valence electrons. The number of esters is 3. The van der Waals surface area contributed by atoms with Crippen molar-refractivity contribution in [1.29, 1.82) is 0 Å². The first-order valence-electron chi connectivity index (χ1n) is 12.1. The van der Waals surface area contributed by atoms with E-state index in [0.717, 1.165) is 11.1 Å². The van der Waals surface area contributed by atoms with Gasteiger partial charge in [0.15, 0.2) is 6.11 Å². The third kappa shape index (κ3) is 12.1. The van der Waals surface area contributed by atoms with Gasteiger partial charge in [0.2, 0.25) is 0 Å². The molecule has 0 bridgehead atoms. The molecule has 0 atom stereocenters. The fraction of sp³-hybridized carbons (Fsp3) is 0.357. The van der Waals surface area contributed by atoms with E-state index in [-0.39, 0.29) is 32.3 Å². The molecule has 0 aromatic heterocycles. The Labute approximate surface area is 221 Å². The van der Waals surface area contributed by atoms with E-state index in [2.05, 4.69) is 21.8 Å². The molecule has 10 nitrogen and oxygen atoms in total. The van der Waals surface area contributed by atoms with Gasteiger partial charge in [-0.2, -0.15) is 0 Å². The molecule has 0 heterocycles. The molecule has 0 amide bonds. The van der Waals surface area contributed by atoms with Crippen LogP contribution in [0.5, 0.6) is 11.5 Å². The van der Waals surface area contributed by atoms with Crippen molar-refractivity contribution in [3.63, 3.8) is 0 Å². The van der Waals surface area contributed by atoms with Crippen LogP contribution in [-0.4, -0.2) is 43.7 Å². The van der Waals surface area contributed by atoms with Crippen LogP contribution >= 0.6 is 0 Å². The maximum atomic E-state index is 12.0. The highest BCUT2D eigenvalue weighted by Gasteiger charge is 2.12. The highest BCUT2D eigenvalue weighted by Crippen LogP contribution is 2.25. The normalized spacial score (nSPS) is 9.95. The molecule has 0 aliphatic heterocycles. The first kappa shape index (κ1) is 29.9. The molecule has 0 radical (unpaired) electrons. The second-order valence-electron chi connectivity index (χ2n) is 7.59. The number of ether oxygens (including phenoxy) is 4. The molecule has 0 saturated carbocycles. The third-order valence-electron chi connectivity index (χ3n) is 4.69. The molecule has 0 saturated heterocycles. The standard InChI is InChI=1S/C28H30O10/c1-3-5-18-35-38-28(32)17-16-27(31)37-24-12-8-22(9-13-24)21-6-10-23(11-7-21)36-26(30)15-14-25(29)34-20-19-33-4-2/h6-13H,3-4,14-17,19-20H2,1-2H3. The Bertz CT molecular complexity index is 1110. The maximum Gasteiger partial charge on any atom is 0.357 e. The largest absolute Gasteiger partial charge is 0.463 e. The Morgan fingerprint density at radius 3 is 1.66 bits per heavy atom. The molecule has 10 heteroatoms. The van der Waals surface area contributed by atoms with Crippen LogP contribution in [0.25, 0.3) is 11.1 Å². The van der Waals surface area contributed by atoms with Gasteiger partial charge in [-0.25, -0.2) is 14.6 Å². The summed E-state index contributed by atoms with van der Waals surface area (Å²) >= 11 is 0. The summed E-state index contributed by atoms with van der Waals surface area (Å²) in [5.41, 5.74) is 1.68. The third-order valence-corrected chi connectivity index (χ3v) is 4.69. The SMILES string of the molecule is CCC#COOC(=O)CCC(=O)Oc1ccc(-c2ccc(OC(=O)CCC(=O)OCCOCC)cc2)cc1. The van der Waals surface area contributed by atoms with E-state index in [4.69, 9.17) is 18.9 Å². The molecule has 38 heavy (non-hydrogen) atoms. The topological polar surface area (TPSA) is 124 Å². The Kier molecular flexibility index (Phi) is 13.5. The second kappa shape index (κ2) is 17.2. The Morgan fingerprint density at radius 1 is 0.658 bits per heavy atom. The monoisotopic (exact) mass is 526 g/mol. The highest BCUT2D eigenvalue weighted by molar-refractivity contribution is 5.80. The van der Waals surface area contributed by atoms with Crippen LogP contribution < -0.4 is 9.47 Å². The molecule has 2 aromatic rings. The lowest BCUT2D eigenvalue weighted by Gasteiger charge is -2.08. The quantitative estimate of drug-likeness (QED) is 0.0885. The number of hydrogen-bond donors (Lipinski definition) is 0. The van der Waals surface area contributed by atoms with Gasteiger partial charge in [-0.15, -0.1) is 0 Å². The lowest BCUT2D eigenvalue weighted by atomic mass is 10.1. The van der Waals surface area contributed by atoms with Crippen molar-refractivity contribution in [2.24, 2.45) is 0 Å². The summed E-state index contributed by atoms with van der Waals surface area (Å²) in [7, 11) is 0. The summed E-state index contributed by atoms with van der Waals surface area (Å²) in [6.45, 7) is 4.66. The van der Waals surface area contributed by atoms with Gasteiger partial charge < -0.3 is 18.9 Å². The van der Waals surface area contributed by atoms with Crippen molar-refractivity contribution in [2.75, 3.05) is 19.8 Å². The zero-order chi connectivity index (χ0) is 27.6. The van der Waals surface area contributed by atoms with Crippen LogP contribution in [0.3, 0.4) is 0 Å². The van der Waals surface area contributed by atoms with Crippen molar-refractivity contribution < 1.29 is 47.9 Å². The number of carbonyl (C=O) groups is 4. The van der Waals surface area contributed by atoms with Gasteiger partial charge in [-0.05, 0) is 42.3 Å². The predicted octanol–water partition coefficient (Wildman–Crippen LogP) is 4.15. The molecule has 0 fully saturated rings. The van der Waals surface area contributed by atoms with Crippen LogP contribution in [0.15, 0.2) is 48.5 Å². The lowest BCUT2D eigenvalue weighted by Crippen LogP contribution is -2.14. The first-order valence-corrected chi connectivity index (χ1v) is 12.1. The van der Waals surface area contributed by atoms with Gasteiger partial charge >= 0.3 is 23.9 Å². The Morgan fingerprint density at radius 2 is 1.16 bits per heavy atom. The smallest absolute Gasteiger partial charge is 0.357 e. The van der Waals surface area contributed by atoms with Gasteiger partial charge in [0, 0.05) is 13.0 Å². The van der Waals surface area contributed by atoms with Crippen molar-refractivity contribution >= 4 is 23.9 Å². The van der Waals surface area contributed by atoms with Crippen LogP contribution in [-0.2, 0) is 38.4 Å². The van der Waals surface area contributed by atoms with E-state index in [1.807, 2.05) is 13.8 Å². The molecule has 0 N–H and O–H groups in total. The lowest BCUT2D eigenvalue weighted by molar-refractivity contribution is -0.230. The maximum absolute atomic E-state index is 12.0. The fourth-order valence-corrected chi connectivity index (χ4v) is 2.85. The van der Waals surface area contributed by atoms with Crippen molar-refractivity contribution in [1.82, 2.24) is 0 Å². The van der Waals surface area contributed by atoms with Gasteiger partial charge in [0.05, 0.1) is 32.3 Å². The summed E-state index contributed by atoms with van der Waals surface area (Å²) in [5, 5.41) is 0. The predicted molar refractivity (Wildman–Crippen MR) is 134 cm³/mol. The minimum Gasteiger partial charge on any atom is -0.463 e. The summed E-state index contributed by atoms with van der Waals surface area (Å²) < 4.78 is 20.5. The minimum atomic E-state index is -0.729. The van der Waals surface area contributed by atoms with Gasteiger partial charge in [0.25, 0.3) is 0 Å². The average Bonchev–Trinajstić information content (AvgIpc) is 2.92. The molecule has 0 aliphatic rings. The second-order valence-corrected chi connectivity index (χ2v) is 7.59. The number of rotatable bonds is 14. The number of hydrogen-bond acceptors (Lipinski definition) is 10. The van der Waals surface area contributed by atoms with E-state index >= 15 is 0 Å². The van der Waals surface area contributed by atoms with Gasteiger partial charge in [-0.3, -0.25) is 14.4 Å². The van der Waals surface area contributed by atoms with E-state index in [1.54, 1.807) is 48.5 Å². The summed E-state index contributed by atoms with van der Waals surface area (Å²) in [6, 6.07) is 13.6. The molecule has 0 spiro atoms. The van der Waals surface area contributed by atoms with Crippen LogP contribution in [0.1, 0.15) is 46.0 Å².